The highest BCUT2D eigenvalue weighted by Gasteiger charge is 2.26. The molecule has 4 aromatic rings. The Balaban J connectivity index is 1.78. The first kappa shape index (κ1) is 16.8. The van der Waals surface area contributed by atoms with Crippen molar-refractivity contribution < 1.29 is 4.57 Å². The van der Waals surface area contributed by atoms with Gasteiger partial charge in [0.1, 0.15) is 0 Å². The minimum Gasteiger partial charge on any atom is -0.297 e. The molecule has 0 bridgehead atoms. The van der Waals surface area contributed by atoms with E-state index in [0.29, 0.717) is 6.54 Å². The molecule has 3 heteroatoms. The van der Waals surface area contributed by atoms with Gasteiger partial charge in [-0.2, -0.15) is 0 Å². The minimum atomic E-state index is -2.94. The summed E-state index contributed by atoms with van der Waals surface area (Å²) in [6.45, 7) is 0.555. The fourth-order valence-corrected chi connectivity index (χ4v) is 5.41. The maximum absolute atomic E-state index is 14.1. The molecule has 0 aliphatic rings. The first-order valence-electron chi connectivity index (χ1n) is 8.70. The Morgan fingerprint density at radius 3 is 1.96 bits per heavy atom. The molecule has 2 nitrogen and oxygen atoms in total. The zero-order chi connectivity index (χ0) is 17.8. The normalized spacial score (nSPS) is 13.4. The van der Waals surface area contributed by atoms with Crippen LogP contribution in [0.25, 0.3) is 10.8 Å². The monoisotopic (exact) mass is 357 g/mol. The lowest BCUT2D eigenvalue weighted by Gasteiger charge is -2.21. The molecule has 1 atom stereocenters. The topological polar surface area (TPSA) is 29.1 Å². The molecule has 0 aliphatic heterocycles. The van der Waals surface area contributed by atoms with E-state index < -0.39 is 7.29 Å². The molecule has 0 heterocycles. The first-order chi connectivity index (χ1) is 12.8. The van der Waals surface area contributed by atoms with Crippen LogP contribution in [0.5, 0.6) is 0 Å². The van der Waals surface area contributed by atoms with Crippen LogP contribution in [-0.4, -0.2) is 0 Å². The van der Waals surface area contributed by atoms with E-state index in [0.717, 1.165) is 26.9 Å². The van der Waals surface area contributed by atoms with Crippen LogP contribution in [0, 0.1) is 0 Å². The van der Waals surface area contributed by atoms with Gasteiger partial charge in [-0.1, -0.05) is 78.9 Å². The van der Waals surface area contributed by atoms with Gasteiger partial charge in [0.25, 0.3) is 0 Å². The minimum absolute atomic E-state index is 0.555. The van der Waals surface area contributed by atoms with E-state index in [-0.39, 0.29) is 0 Å². The molecule has 0 aliphatic carbocycles. The van der Waals surface area contributed by atoms with Gasteiger partial charge in [0, 0.05) is 17.2 Å². The van der Waals surface area contributed by atoms with Crippen molar-refractivity contribution in [3.8, 4) is 0 Å². The Labute approximate surface area is 153 Å². The molecule has 0 radical (unpaired) electrons. The van der Waals surface area contributed by atoms with Crippen LogP contribution in [0.1, 0.15) is 5.56 Å². The van der Waals surface area contributed by atoms with Crippen molar-refractivity contribution in [3.05, 3.63) is 109 Å². The highest BCUT2D eigenvalue weighted by molar-refractivity contribution is 7.76. The molecule has 4 aromatic carbocycles. The second-order valence-electron chi connectivity index (χ2n) is 6.30. The van der Waals surface area contributed by atoms with E-state index in [4.69, 9.17) is 0 Å². The number of nitrogens with one attached hydrogen (secondary N) is 1. The molecule has 0 saturated heterocycles. The van der Waals surface area contributed by atoms with Crippen molar-refractivity contribution in [2.45, 2.75) is 6.54 Å². The lowest BCUT2D eigenvalue weighted by Crippen LogP contribution is -2.27. The highest BCUT2D eigenvalue weighted by Crippen LogP contribution is 2.39. The number of hydrogen-bond donors (Lipinski definition) is 1. The molecular weight excluding hydrogens is 337 g/mol. The van der Waals surface area contributed by atoms with Gasteiger partial charge >= 0.3 is 0 Å². The van der Waals surface area contributed by atoms with Gasteiger partial charge in [-0.15, -0.1) is 0 Å². The largest absolute Gasteiger partial charge is 0.297 e. The maximum Gasteiger partial charge on any atom is 0.204 e. The predicted molar refractivity (Wildman–Crippen MR) is 111 cm³/mol. The highest BCUT2D eigenvalue weighted by atomic mass is 31.2. The fourth-order valence-electron chi connectivity index (χ4n) is 3.14. The smallest absolute Gasteiger partial charge is 0.204 e. The summed E-state index contributed by atoms with van der Waals surface area (Å²) in [6, 6.07) is 34.0. The molecule has 1 N–H and O–H groups in total. The molecule has 0 saturated carbocycles. The maximum atomic E-state index is 14.1. The summed E-state index contributed by atoms with van der Waals surface area (Å²) in [7, 11) is -2.94. The molecule has 0 spiro atoms. The van der Waals surface area contributed by atoms with E-state index in [1.807, 2.05) is 91.0 Å². The van der Waals surface area contributed by atoms with E-state index in [1.165, 1.54) is 0 Å². The van der Waals surface area contributed by atoms with E-state index in [2.05, 4.69) is 17.2 Å². The summed E-state index contributed by atoms with van der Waals surface area (Å²) in [6.07, 6.45) is 0. The average molecular weight is 357 g/mol. The standard InChI is InChI=1S/C23H20NOP/c25-26(22-13-5-2-6-14-22,24-18-19-9-3-1-4-10-19)23-16-15-20-11-7-8-12-21(20)17-23/h1-17H,18H2,(H,24,25). The van der Waals surface area contributed by atoms with Crippen molar-refractivity contribution in [2.75, 3.05) is 0 Å². The molecule has 0 fully saturated rings. The van der Waals surface area contributed by atoms with Crippen molar-refractivity contribution in [2.24, 2.45) is 0 Å². The Morgan fingerprint density at radius 1 is 0.615 bits per heavy atom. The zero-order valence-electron chi connectivity index (χ0n) is 14.4. The lowest BCUT2D eigenvalue weighted by atomic mass is 10.1. The molecule has 4 rings (SSSR count). The second-order valence-corrected chi connectivity index (χ2v) is 8.86. The molecule has 26 heavy (non-hydrogen) atoms. The molecule has 128 valence electrons. The third kappa shape index (κ3) is 3.35. The van der Waals surface area contributed by atoms with Crippen molar-refractivity contribution in [1.29, 1.82) is 0 Å². The van der Waals surface area contributed by atoms with Crippen LogP contribution in [0.2, 0.25) is 0 Å². The number of hydrogen-bond acceptors (Lipinski definition) is 1. The van der Waals surface area contributed by atoms with Gasteiger partial charge in [0.05, 0.1) is 0 Å². The summed E-state index contributed by atoms with van der Waals surface area (Å²) in [5.41, 5.74) is 1.12. The molecule has 0 aromatic heterocycles. The third-order valence-corrected chi connectivity index (χ3v) is 7.20. The third-order valence-electron chi connectivity index (χ3n) is 4.57. The van der Waals surface area contributed by atoms with Gasteiger partial charge < -0.3 is 0 Å². The van der Waals surface area contributed by atoms with Crippen LogP contribution in [0.15, 0.2) is 103 Å². The van der Waals surface area contributed by atoms with E-state index in [1.54, 1.807) is 0 Å². The van der Waals surface area contributed by atoms with E-state index >= 15 is 0 Å². The molecule has 1 unspecified atom stereocenters. The zero-order valence-corrected chi connectivity index (χ0v) is 15.3. The van der Waals surface area contributed by atoms with Crippen molar-refractivity contribution >= 4 is 28.7 Å². The van der Waals surface area contributed by atoms with Gasteiger partial charge in [-0.3, -0.25) is 9.65 Å². The van der Waals surface area contributed by atoms with Gasteiger partial charge in [-0.05, 0) is 40.6 Å². The summed E-state index contributed by atoms with van der Waals surface area (Å²) >= 11 is 0. The van der Waals surface area contributed by atoms with Gasteiger partial charge in [0.2, 0.25) is 7.29 Å². The Bertz CT molecular complexity index is 1060. The van der Waals surface area contributed by atoms with Crippen molar-refractivity contribution in [1.82, 2.24) is 5.09 Å². The fraction of sp³-hybridized carbons (Fsp3) is 0.0435. The molecular formula is C23H20NOP. The van der Waals surface area contributed by atoms with Crippen molar-refractivity contribution in [3.63, 3.8) is 0 Å². The van der Waals surface area contributed by atoms with E-state index in [9.17, 15) is 4.57 Å². The SMILES string of the molecule is O=P(NCc1ccccc1)(c1ccccc1)c1ccc2ccccc2c1. The number of fused-ring (bicyclic) bond motifs is 1. The quantitative estimate of drug-likeness (QED) is 0.517. The lowest BCUT2D eigenvalue weighted by molar-refractivity contribution is 0.578. The first-order valence-corrected chi connectivity index (χ1v) is 10.4. The number of rotatable bonds is 5. The average Bonchev–Trinajstić information content (AvgIpc) is 2.73. The Hall–Kier alpha value is -2.67. The second kappa shape index (κ2) is 7.29. The predicted octanol–water partition coefficient (Wildman–Crippen LogP) is 4.86. The summed E-state index contributed by atoms with van der Waals surface area (Å²) in [4.78, 5) is 0. The van der Waals surface area contributed by atoms with Crippen LogP contribution >= 0.6 is 7.29 Å². The number of benzene rings is 4. The molecule has 0 amide bonds. The Morgan fingerprint density at radius 2 is 1.23 bits per heavy atom. The van der Waals surface area contributed by atoms with Gasteiger partial charge in [-0.25, -0.2) is 0 Å². The van der Waals surface area contributed by atoms with Gasteiger partial charge in [0.15, 0.2) is 0 Å². The van der Waals surface area contributed by atoms with Crippen LogP contribution in [0.3, 0.4) is 0 Å². The van der Waals surface area contributed by atoms with Crippen LogP contribution in [-0.2, 0) is 11.1 Å². The Kier molecular flexibility index (Phi) is 4.71. The summed E-state index contributed by atoms with van der Waals surface area (Å²) in [5, 5.41) is 7.27. The summed E-state index contributed by atoms with van der Waals surface area (Å²) in [5.74, 6) is 0. The summed E-state index contributed by atoms with van der Waals surface area (Å²) < 4.78 is 14.1. The van der Waals surface area contributed by atoms with Crippen LogP contribution in [0.4, 0.5) is 0 Å². The van der Waals surface area contributed by atoms with Crippen LogP contribution < -0.4 is 15.7 Å².